The molecule has 11 nitrogen and oxygen atoms in total. The molecule has 0 saturated carbocycles. The molecule has 0 bridgehead atoms. The summed E-state index contributed by atoms with van der Waals surface area (Å²) in [7, 11) is 5.70. The number of hydrogen-bond donors (Lipinski definition) is 2. The number of carboxylic acid groups (broad SMARTS) is 2. The zero-order valence-corrected chi connectivity index (χ0v) is 24.3. The Morgan fingerprint density at radius 1 is 0.978 bits per heavy atom. The molecule has 1 fully saturated rings. The van der Waals surface area contributed by atoms with Crippen LogP contribution in [-0.2, 0) is 30.2 Å². The van der Waals surface area contributed by atoms with Gasteiger partial charge < -0.3 is 19.5 Å². The van der Waals surface area contributed by atoms with Crippen molar-refractivity contribution < 1.29 is 50.9 Å². The van der Waals surface area contributed by atoms with E-state index in [2.05, 4.69) is 43.9 Å². The van der Waals surface area contributed by atoms with Crippen LogP contribution in [0.2, 0.25) is 0 Å². The second-order valence-electron chi connectivity index (χ2n) is 10.0. The fraction of sp³-hybridized carbons (Fsp3) is 0.393. The van der Waals surface area contributed by atoms with Crippen molar-refractivity contribution >= 4 is 23.0 Å². The predicted molar refractivity (Wildman–Crippen MR) is 148 cm³/mol. The predicted octanol–water partition coefficient (Wildman–Crippen LogP) is 5.02. The van der Waals surface area contributed by atoms with Gasteiger partial charge in [-0.05, 0) is 56.3 Å². The molecule has 4 heterocycles. The van der Waals surface area contributed by atoms with Crippen LogP contribution in [0.15, 0.2) is 49.1 Å². The molecule has 3 aromatic heterocycles. The number of rotatable bonds is 5. The Morgan fingerprint density at radius 3 is 2.00 bits per heavy atom. The molecule has 0 amide bonds. The summed E-state index contributed by atoms with van der Waals surface area (Å²) in [4.78, 5) is 30.1. The van der Waals surface area contributed by atoms with Gasteiger partial charge in [0.2, 0.25) is 0 Å². The molecule has 0 atom stereocenters. The summed E-state index contributed by atoms with van der Waals surface area (Å²) in [6, 6.07) is 10.3. The van der Waals surface area contributed by atoms with Gasteiger partial charge in [-0.15, -0.1) is 0 Å². The average Bonchev–Trinajstić information content (AvgIpc) is 3.57. The first kappa shape index (κ1) is 34.8. The van der Waals surface area contributed by atoms with Crippen LogP contribution in [0.25, 0.3) is 22.3 Å². The van der Waals surface area contributed by atoms with Crippen molar-refractivity contribution in [3.05, 3.63) is 60.3 Å². The molecule has 5 rings (SSSR count). The van der Waals surface area contributed by atoms with E-state index in [1.54, 1.807) is 7.11 Å². The molecule has 0 unspecified atom stereocenters. The zero-order valence-electron chi connectivity index (χ0n) is 24.3. The van der Waals surface area contributed by atoms with Gasteiger partial charge in [-0.1, -0.05) is 0 Å². The maximum Gasteiger partial charge on any atom is 0.490 e. The topological polar surface area (TPSA) is 136 Å². The summed E-state index contributed by atoms with van der Waals surface area (Å²) in [5.74, 6) is -4.21. The first-order valence-electron chi connectivity index (χ1n) is 13.3. The van der Waals surface area contributed by atoms with Gasteiger partial charge in [-0.25, -0.2) is 14.6 Å². The quantitative estimate of drug-likeness (QED) is 0.287. The van der Waals surface area contributed by atoms with Crippen LogP contribution < -0.4 is 4.74 Å². The van der Waals surface area contributed by atoms with Crippen LogP contribution in [0.1, 0.15) is 30.0 Å². The van der Waals surface area contributed by atoms with Crippen molar-refractivity contribution in [1.29, 1.82) is 0 Å². The van der Waals surface area contributed by atoms with Crippen LogP contribution in [-0.4, -0.2) is 83.9 Å². The van der Waals surface area contributed by atoms with Gasteiger partial charge in [0.25, 0.3) is 0 Å². The number of nitrogens with zero attached hydrogens (tertiary/aromatic N) is 6. The molecule has 1 aromatic carbocycles. The number of aliphatic carboxylic acids is 2. The number of imidazole rings is 1. The number of methoxy groups -OCH3 is 1. The molecule has 1 aliphatic heterocycles. The minimum absolute atomic E-state index is 0.460. The summed E-state index contributed by atoms with van der Waals surface area (Å²) >= 11 is 0. The Balaban J connectivity index is 0.000000331. The van der Waals surface area contributed by atoms with Crippen molar-refractivity contribution in [2.45, 2.75) is 37.7 Å². The molecule has 0 spiro atoms. The standard InChI is InChI=1S/C24H28N6O.2C2HF3O2/c1-28-16-25-24-22(28)12-21(27-23(24)19-4-6-20(31-3)7-5-19)18-8-10-30(11-9-18)15-17-13-26-29(2)14-17;2*3-2(4,5)1(6)7/h4-7,12-14,16,18H,8-11,15H2,1-3H3;2*(H,6,7). The molecule has 45 heavy (non-hydrogen) atoms. The van der Waals surface area contributed by atoms with Crippen molar-refractivity contribution in [3.63, 3.8) is 0 Å². The fourth-order valence-corrected chi connectivity index (χ4v) is 4.50. The Hall–Kier alpha value is -4.67. The summed E-state index contributed by atoms with van der Waals surface area (Å²) in [5.41, 5.74) is 6.55. The molecule has 17 heteroatoms. The van der Waals surface area contributed by atoms with E-state index in [-0.39, 0.29) is 0 Å². The summed E-state index contributed by atoms with van der Waals surface area (Å²) in [5, 5.41) is 18.5. The Bertz CT molecular complexity index is 1570. The molecular weight excluding hydrogens is 614 g/mol. The maximum atomic E-state index is 10.6. The highest BCUT2D eigenvalue weighted by Crippen LogP contribution is 2.34. The van der Waals surface area contributed by atoms with E-state index in [0.29, 0.717) is 5.92 Å². The van der Waals surface area contributed by atoms with Crippen LogP contribution in [0, 0.1) is 0 Å². The van der Waals surface area contributed by atoms with E-state index in [1.165, 1.54) is 11.3 Å². The van der Waals surface area contributed by atoms with Gasteiger partial charge >= 0.3 is 24.3 Å². The number of likely N-dealkylation sites (tertiary alicyclic amines) is 1. The van der Waals surface area contributed by atoms with E-state index in [0.717, 1.165) is 60.5 Å². The normalized spacial score (nSPS) is 14.2. The second-order valence-corrected chi connectivity index (χ2v) is 10.0. The highest BCUT2D eigenvalue weighted by molar-refractivity contribution is 5.90. The zero-order chi connectivity index (χ0) is 33.5. The monoisotopic (exact) mass is 644 g/mol. The molecule has 2 N–H and O–H groups in total. The smallest absolute Gasteiger partial charge is 0.490 e. The number of aryl methyl sites for hydroxylation is 2. The molecular formula is C28H30F6N6O5. The minimum Gasteiger partial charge on any atom is -0.497 e. The number of carboxylic acids is 2. The second kappa shape index (κ2) is 14.4. The third-order valence-electron chi connectivity index (χ3n) is 6.75. The van der Waals surface area contributed by atoms with Gasteiger partial charge in [0.15, 0.2) is 0 Å². The number of halogens is 6. The number of pyridine rings is 1. The number of hydrogen-bond acceptors (Lipinski definition) is 7. The number of piperidine rings is 1. The van der Waals surface area contributed by atoms with Gasteiger partial charge in [0, 0.05) is 49.6 Å². The average molecular weight is 645 g/mol. The lowest BCUT2D eigenvalue weighted by Crippen LogP contribution is -2.32. The van der Waals surface area contributed by atoms with Crippen LogP contribution in [0.4, 0.5) is 26.3 Å². The van der Waals surface area contributed by atoms with Gasteiger partial charge in [-0.2, -0.15) is 31.4 Å². The first-order chi connectivity index (χ1) is 21.0. The number of fused-ring (bicyclic) bond motifs is 1. The SMILES string of the molecule is COc1ccc(-c2nc(C3CCN(Cc4cnn(C)c4)CC3)cc3c2ncn3C)cc1.O=C(O)C(F)(F)F.O=C(O)C(F)(F)F. The number of benzene rings is 1. The lowest BCUT2D eigenvalue weighted by Gasteiger charge is -2.31. The number of aromatic nitrogens is 5. The lowest BCUT2D eigenvalue weighted by molar-refractivity contribution is -0.193. The molecule has 1 aliphatic rings. The van der Waals surface area contributed by atoms with Crippen molar-refractivity contribution in [1.82, 2.24) is 29.2 Å². The summed E-state index contributed by atoms with van der Waals surface area (Å²) in [6.07, 6.45) is -2.01. The van der Waals surface area contributed by atoms with E-state index in [4.69, 9.17) is 29.5 Å². The van der Waals surface area contributed by atoms with E-state index in [1.807, 2.05) is 43.4 Å². The third kappa shape index (κ3) is 9.66. The third-order valence-corrected chi connectivity index (χ3v) is 6.75. The Morgan fingerprint density at radius 2 is 1.53 bits per heavy atom. The molecule has 1 saturated heterocycles. The van der Waals surface area contributed by atoms with Crippen LogP contribution in [0.3, 0.4) is 0 Å². The Labute approximate surface area is 252 Å². The summed E-state index contributed by atoms with van der Waals surface area (Å²) in [6.45, 7) is 3.11. The largest absolute Gasteiger partial charge is 0.497 e. The van der Waals surface area contributed by atoms with Gasteiger partial charge in [0.1, 0.15) is 11.3 Å². The fourth-order valence-electron chi connectivity index (χ4n) is 4.50. The van der Waals surface area contributed by atoms with E-state index >= 15 is 0 Å². The highest BCUT2D eigenvalue weighted by atomic mass is 19.4. The highest BCUT2D eigenvalue weighted by Gasteiger charge is 2.38. The number of alkyl halides is 6. The van der Waals surface area contributed by atoms with Crippen molar-refractivity contribution in [2.75, 3.05) is 20.2 Å². The van der Waals surface area contributed by atoms with E-state index in [9.17, 15) is 26.3 Å². The molecule has 4 aromatic rings. The van der Waals surface area contributed by atoms with Crippen molar-refractivity contribution in [3.8, 4) is 17.0 Å². The van der Waals surface area contributed by atoms with Crippen LogP contribution in [0.5, 0.6) is 5.75 Å². The van der Waals surface area contributed by atoms with Crippen molar-refractivity contribution in [2.24, 2.45) is 14.1 Å². The molecule has 244 valence electrons. The number of carbonyl (C=O) groups is 2. The van der Waals surface area contributed by atoms with E-state index < -0.39 is 24.3 Å². The molecule has 0 aliphatic carbocycles. The number of ether oxygens (including phenoxy) is 1. The van der Waals surface area contributed by atoms with Gasteiger partial charge in [-0.3, -0.25) is 14.6 Å². The maximum absolute atomic E-state index is 10.6. The molecule has 0 radical (unpaired) electrons. The minimum atomic E-state index is -5.08. The summed E-state index contributed by atoms with van der Waals surface area (Å²) < 4.78 is 72.8. The lowest BCUT2D eigenvalue weighted by atomic mass is 9.92. The van der Waals surface area contributed by atoms with Gasteiger partial charge in [0.05, 0.1) is 30.8 Å². The Kier molecular flexibility index (Phi) is 11.1. The first-order valence-corrected chi connectivity index (χ1v) is 13.3. The van der Waals surface area contributed by atoms with Crippen LogP contribution >= 0.6 is 0 Å².